The van der Waals surface area contributed by atoms with Crippen molar-refractivity contribution in [1.82, 2.24) is 0 Å². The van der Waals surface area contributed by atoms with Crippen LogP contribution in [0.25, 0.3) is 0 Å². The summed E-state index contributed by atoms with van der Waals surface area (Å²) in [6, 6.07) is 16.0. The van der Waals surface area contributed by atoms with Crippen LogP contribution in [0, 0.1) is 34.0 Å². The summed E-state index contributed by atoms with van der Waals surface area (Å²) >= 11 is 11.8. The summed E-state index contributed by atoms with van der Waals surface area (Å²) in [5, 5.41) is 32.8. The summed E-state index contributed by atoms with van der Waals surface area (Å²) in [7, 11) is 0. The number of rotatable bonds is 4. The van der Waals surface area contributed by atoms with E-state index in [9.17, 15) is 4.79 Å². The fourth-order valence-corrected chi connectivity index (χ4v) is 2.47. The second-order valence-electron chi connectivity index (χ2n) is 4.87. The van der Waals surface area contributed by atoms with E-state index in [0.29, 0.717) is 16.4 Å². The maximum Gasteiger partial charge on any atom is 0.257 e. The molecule has 1 amide bonds. The highest BCUT2D eigenvalue weighted by Crippen LogP contribution is 2.23. The normalized spacial score (nSPS) is 9.19. The molecule has 2 rings (SSSR count). The molecule has 0 aliphatic rings. The molecule has 0 spiro atoms. The van der Waals surface area contributed by atoms with Crippen LogP contribution in [0.5, 0.6) is 0 Å². The number of amides is 1. The summed E-state index contributed by atoms with van der Waals surface area (Å²) in [4.78, 5) is 12.3. The summed E-state index contributed by atoms with van der Waals surface area (Å²) in [6.07, 6.45) is 0. The molecule has 0 aliphatic heterocycles. The van der Waals surface area contributed by atoms with Crippen molar-refractivity contribution in [3.05, 3.63) is 69.3 Å². The Bertz CT molecular complexity index is 1010. The van der Waals surface area contributed by atoms with Crippen molar-refractivity contribution in [2.45, 2.75) is 0 Å². The number of allylic oxidation sites excluding steroid dienone is 2. The Labute approximate surface area is 159 Å². The maximum atomic E-state index is 12.3. The van der Waals surface area contributed by atoms with Gasteiger partial charge in [0.05, 0.1) is 10.6 Å². The number of carbonyl (C=O) groups is 1. The van der Waals surface area contributed by atoms with Gasteiger partial charge in [0.2, 0.25) is 0 Å². The first-order valence-electron chi connectivity index (χ1n) is 7.06. The average molecular weight is 382 g/mol. The van der Waals surface area contributed by atoms with Gasteiger partial charge in [-0.25, -0.2) is 0 Å². The van der Waals surface area contributed by atoms with E-state index >= 15 is 0 Å². The molecule has 126 valence electrons. The van der Waals surface area contributed by atoms with E-state index in [1.165, 1.54) is 12.1 Å². The van der Waals surface area contributed by atoms with Crippen LogP contribution in [0.15, 0.2) is 53.7 Å². The summed E-state index contributed by atoms with van der Waals surface area (Å²) in [5.41, 5.74) is 0.584. The van der Waals surface area contributed by atoms with E-state index in [2.05, 4.69) is 10.6 Å². The van der Waals surface area contributed by atoms with Crippen LogP contribution in [0.3, 0.4) is 0 Å². The third-order valence-electron chi connectivity index (χ3n) is 3.15. The maximum absolute atomic E-state index is 12.3. The van der Waals surface area contributed by atoms with Crippen molar-refractivity contribution >= 4 is 40.5 Å². The molecule has 8 heteroatoms. The third kappa shape index (κ3) is 4.53. The molecule has 6 nitrogen and oxygen atoms in total. The molecule has 0 aliphatic carbocycles. The van der Waals surface area contributed by atoms with Crippen LogP contribution in [-0.4, -0.2) is 5.91 Å². The number of benzene rings is 2. The highest BCUT2D eigenvalue weighted by molar-refractivity contribution is 6.37. The van der Waals surface area contributed by atoms with Gasteiger partial charge in [0.25, 0.3) is 5.91 Å². The molecule has 0 unspecified atom stereocenters. The molecule has 0 bridgehead atoms. The highest BCUT2D eigenvalue weighted by atomic mass is 35.5. The second kappa shape index (κ2) is 8.55. The number of anilines is 2. The number of hydrogen-bond acceptors (Lipinski definition) is 5. The molecule has 0 saturated heterocycles. The predicted octanol–water partition coefficient (Wildman–Crippen LogP) is 4.48. The van der Waals surface area contributed by atoms with E-state index in [-0.39, 0.29) is 21.9 Å². The molecule has 2 aromatic carbocycles. The Morgan fingerprint density at radius 3 is 2.12 bits per heavy atom. The Hall–Kier alpha value is -3.50. The monoisotopic (exact) mass is 381 g/mol. The van der Waals surface area contributed by atoms with Crippen molar-refractivity contribution in [2.24, 2.45) is 0 Å². The molecule has 0 radical (unpaired) electrons. The van der Waals surface area contributed by atoms with Crippen molar-refractivity contribution < 1.29 is 4.79 Å². The first-order chi connectivity index (χ1) is 12.5. The zero-order chi connectivity index (χ0) is 19.1. The topological polar surface area (TPSA) is 112 Å². The van der Waals surface area contributed by atoms with Crippen LogP contribution < -0.4 is 10.6 Å². The van der Waals surface area contributed by atoms with Gasteiger partial charge in [-0.3, -0.25) is 4.79 Å². The highest BCUT2D eigenvalue weighted by Gasteiger charge is 2.12. The molecule has 0 saturated carbocycles. The van der Waals surface area contributed by atoms with Crippen LogP contribution in [0.2, 0.25) is 10.0 Å². The number of nitriles is 3. The number of nitrogens with zero attached hydrogens (tertiary/aromatic N) is 3. The molecule has 0 aromatic heterocycles. The van der Waals surface area contributed by atoms with E-state index in [1.54, 1.807) is 48.5 Å². The third-order valence-corrected chi connectivity index (χ3v) is 3.70. The van der Waals surface area contributed by atoms with Crippen molar-refractivity contribution in [2.75, 3.05) is 10.6 Å². The van der Waals surface area contributed by atoms with Gasteiger partial charge in [-0.2, -0.15) is 15.8 Å². The number of halogens is 2. The van der Waals surface area contributed by atoms with Crippen molar-refractivity contribution in [3.63, 3.8) is 0 Å². The Morgan fingerprint density at radius 1 is 0.885 bits per heavy atom. The van der Waals surface area contributed by atoms with E-state index in [1.807, 2.05) is 0 Å². The Morgan fingerprint density at radius 2 is 1.54 bits per heavy atom. The van der Waals surface area contributed by atoms with Crippen LogP contribution in [0.4, 0.5) is 11.4 Å². The molecular formula is C18H9Cl2N5O. The molecule has 0 atom stereocenters. The lowest BCUT2D eigenvalue weighted by Crippen LogP contribution is -2.12. The quantitative estimate of drug-likeness (QED) is 0.757. The average Bonchev–Trinajstić information content (AvgIpc) is 2.62. The van der Waals surface area contributed by atoms with Crippen LogP contribution in [-0.2, 0) is 0 Å². The van der Waals surface area contributed by atoms with Gasteiger partial charge in [0.15, 0.2) is 5.57 Å². The fourth-order valence-electron chi connectivity index (χ4n) is 1.97. The largest absolute Gasteiger partial charge is 0.345 e. The number of hydrogen-bond donors (Lipinski definition) is 2. The predicted molar refractivity (Wildman–Crippen MR) is 98.3 cm³/mol. The number of nitrogens with one attached hydrogen (secondary N) is 2. The van der Waals surface area contributed by atoms with Gasteiger partial charge >= 0.3 is 0 Å². The van der Waals surface area contributed by atoms with Crippen LogP contribution >= 0.6 is 23.2 Å². The molecular weight excluding hydrogens is 373 g/mol. The lowest BCUT2D eigenvalue weighted by molar-refractivity contribution is 0.102. The van der Waals surface area contributed by atoms with Gasteiger partial charge in [-0.05, 0) is 36.4 Å². The van der Waals surface area contributed by atoms with Gasteiger partial charge in [0.1, 0.15) is 23.9 Å². The van der Waals surface area contributed by atoms with Gasteiger partial charge in [-0.15, -0.1) is 0 Å². The van der Waals surface area contributed by atoms with Gasteiger partial charge < -0.3 is 10.6 Å². The minimum Gasteiger partial charge on any atom is -0.345 e. The smallest absolute Gasteiger partial charge is 0.257 e. The SMILES string of the molecule is N#CC(C#N)=C(C#N)Nc1cccc(NC(=O)c2ccc(Cl)cc2Cl)c1. The summed E-state index contributed by atoms with van der Waals surface area (Å²) in [6.45, 7) is 0. The number of carbonyl (C=O) groups excluding carboxylic acids is 1. The molecule has 26 heavy (non-hydrogen) atoms. The van der Waals surface area contributed by atoms with E-state index in [4.69, 9.17) is 39.0 Å². The summed E-state index contributed by atoms with van der Waals surface area (Å²) < 4.78 is 0. The Kier molecular flexibility index (Phi) is 6.20. The molecule has 0 heterocycles. The Balaban J connectivity index is 2.24. The van der Waals surface area contributed by atoms with Gasteiger partial charge in [-0.1, -0.05) is 29.3 Å². The van der Waals surface area contributed by atoms with E-state index in [0.717, 1.165) is 0 Å². The van der Waals surface area contributed by atoms with Gasteiger partial charge in [0, 0.05) is 16.4 Å². The summed E-state index contributed by atoms with van der Waals surface area (Å²) in [5.74, 6) is -0.436. The second-order valence-corrected chi connectivity index (χ2v) is 5.71. The zero-order valence-electron chi connectivity index (χ0n) is 13.0. The van der Waals surface area contributed by atoms with Crippen molar-refractivity contribution in [3.8, 4) is 18.2 Å². The molecule has 2 aromatic rings. The molecule has 2 N–H and O–H groups in total. The van der Waals surface area contributed by atoms with Crippen molar-refractivity contribution in [1.29, 1.82) is 15.8 Å². The van der Waals surface area contributed by atoms with E-state index < -0.39 is 5.91 Å². The standard InChI is InChI=1S/C18H9Cl2N5O/c19-12-4-5-15(16(20)6-12)18(26)25-14-3-1-2-13(7-14)24-17(10-23)11(8-21)9-22/h1-7,24H,(H,25,26). The zero-order valence-corrected chi connectivity index (χ0v) is 14.6. The lowest BCUT2D eigenvalue weighted by atomic mass is 10.2. The first-order valence-corrected chi connectivity index (χ1v) is 7.82. The van der Waals surface area contributed by atoms with Crippen LogP contribution in [0.1, 0.15) is 10.4 Å². The molecule has 0 fully saturated rings. The fraction of sp³-hybridized carbons (Fsp3) is 0. The first kappa shape index (κ1) is 18.8. The minimum absolute atomic E-state index is 0.181. The lowest BCUT2D eigenvalue weighted by Gasteiger charge is -2.10. The minimum atomic E-state index is -0.436.